The minimum atomic E-state index is 0.631. The second-order valence-corrected chi connectivity index (χ2v) is 4.20. The predicted molar refractivity (Wildman–Crippen MR) is 71.5 cm³/mol. The first kappa shape index (κ1) is 13.1. The molecule has 0 saturated heterocycles. The van der Waals surface area contributed by atoms with Crippen molar-refractivity contribution in [1.29, 1.82) is 5.26 Å². The summed E-state index contributed by atoms with van der Waals surface area (Å²) in [5, 5.41) is 12.2. The number of aromatic nitrogens is 2. The maximum atomic E-state index is 8.91. The SMILES string of the molecule is COc1ccc(C#N)cc1CNCc1nccn1C. The molecule has 0 radical (unpaired) electrons. The standard InChI is InChI=1S/C14H16N4O/c1-18-6-5-17-14(18)10-16-9-12-7-11(8-15)3-4-13(12)19-2/h3-7,16H,9-10H2,1-2H3. The molecule has 0 unspecified atom stereocenters. The lowest BCUT2D eigenvalue weighted by Gasteiger charge is -2.10. The van der Waals surface area contributed by atoms with Crippen LogP contribution in [0.3, 0.4) is 0 Å². The molecule has 0 saturated carbocycles. The van der Waals surface area contributed by atoms with Crippen molar-refractivity contribution in [3.63, 3.8) is 0 Å². The van der Waals surface area contributed by atoms with E-state index in [1.807, 2.05) is 29.9 Å². The third-order valence-corrected chi connectivity index (χ3v) is 2.93. The molecule has 0 spiro atoms. The maximum absolute atomic E-state index is 8.91. The highest BCUT2D eigenvalue weighted by atomic mass is 16.5. The maximum Gasteiger partial charge on any atom is 0.123 e. The summed E-state index contributed by atoms with van der Waals surface area (Å²) >= 11 is 0. The molecule has 0 amide bonds. The van der Waals surface area contributed by atoms with Gasteiger partial charge in [-0.25, -0.2) is 4.98 Å². The van der Waals surface area contributed by atoms with Crippen LogP contribution in [0.1, 0.15) is 17.0 Å². The Morgan fingerprint density at radius 2 is 2.26 bits per heavy atom. The van der Waals surface area contributed by atoms with Crippen molar-refractivity contribution >= 4 is 0 Å². The second-order valence-electron chi connectivity index (χ2n) is 4.20. The van der Waals surface area contributed by atoms with Crippen LogP contribution in [0.25, 0.3) is 0 Å². The molecule has 2 aromatic rings. The fourth-order valence-corrected chi connectivity index (χ4v) is 1.86. The van der Waals surface area contributed by atoms with Gasteiger partial charge in [0, 0.05) is 31.5 Å². The van der Waals surface area contributed by atoms with Crippen LogP contribution in [-0.2, 0) is 20.1 Å². The summed E-state index contributed by atoms with van der Waals surface area (Å²) in [5.74, 6) is 1.75. The van der Waals surface area contributed by atoms with E-state index in [1.165, 1.54) is 0 Å². The van der Waals surface area contributed by atoms with Gasteiger partial charge in [0.1, 0.15) is 11.6 Å². The van der Waals surface area contributed by atoms with Crippen molar-refractivity contribution in [2.24, 2.45) is 7.05 Å². The minimum Gasteiger partial charge on any atom is -0.496 e. The monoisotopic (exact) mass is 256 g/mol. The van der Waals surface area contributed by atoms with Gasteiger partial charge in [-0.2, -0.15) is 5.26 Å². The number of hydrogen-bond donors (Lipinski definition) is 1. The molecule has 98 valence electrons. The molecule has 0 aliphatic rings. The Kier molecular flexibility index (Phi) is 4.16. The van der Waals surface area contributed by atoms with Crippen LogP contribution in [0, 0.1) is 11.3 Å². The molecular weight excluding hydrogens is 240 g/mol. The molecule has 0 aliphatic carbocycles. The average Bonchev–Trinajstić information content (AvgIpc) is 2.84. The summed E-state index contributed by atoms with van der Waals surface area (Å²) in [4.78, 5) is 4.24. The van der Waals surface area contributed by atoms with Gasteiger partial charge < -0.3 is 14.6 Å². The topological polar surface area (TPSA) is 62.9 Å². The molecule has 2 rings (SSSR count). The summed E-state index contributed by atoms with van der Waals surface area (Å²) in [6.07, 6.45) is 3.68. The van der Waals surface area contributed by atoms with Crippen molar-refractivity contribution in [3.8, 4) is 11.8 Å². The lowest BCUT2D eigenvalue weighted by molar-refractivity contribution is 0.407. The number of rotatable bonds is 5. The number of hydrogen-bond acceptors (Lipinski definition) is 4. The van der Waals surface area contributed by atoms with Crippen molar-refractivity contribution in [2.45, 2.75) is 13.1 Å². The molecule has 5 heteroatoms. The molecule has 1 aromatic heterocycles. The number of nitrogens with zero attached hydrogens (tertiary/aromatic N) is 3. The van der Waals surface area contributed by atoms with Crippen LogP contribution in [0.2, 0.25) is 0 Å². The Balaban J connectivity index is 2.03. The minimum absolute atomic E-state index is 0.631. The lowest BCUT2D eigenvalue weighted by Crippen LogP contribution is -2.16. The van der Waals surface area contributed by atoms with E-state index in [0.29, 0.717) is 18.7 Å². The van der Waals surface area contributed by atoms with Crippen molar-refractivity contribution in [1.82, 2.24) is 14.9 Å². The summed E-state index contributed by atoms with van der Waals surface area (Å²) in [6.45, 7) is 1.30. The predicted octanol–water partition coefficient (Wildman–Crippen LogP) is 1.59. The highest BCUT2D eigenvalue weighted by Crippen LogP contribution is 2.19. The van der Waals surface area contributed by atoms with Gasteiger partial charge in [0.15, 0.2) is 0 Å². The van der Waals surface area contributed by atoms with Crippen LogP contribution in [0.5, 0.6) is 5.75 Å². The number of nitrogens with one attached hydrogen (secondary N) is 1. The van der Waals surface area contributed by atoms with Gasteiger partial charge >= 0.3 is 0 Å². The third kappa shape index (κ3) is 3.12. The van der Waals surface area contributed by atoms with E-state index in [1.54, 1.807) is 19.4 Å². The molecule has 0 fully saturated rings. The first-order chi connectivity index (χ1) is 9.24. The normalized spacial score (nSPS) is 10.2. The van der Waals surface area contributed by atoms with Gasteiger partial charge in [-0.3, -0.25) is 0 Å². The van der Waals surface area contributed by atoms with E-state index in [4.69, 9.17) is 10.00 Å². The van der Waals surface area contributed by atoms with Crippen LogP contribution >= 0.6 is 0 Å². The summed E-state index contributed by atoms with van der Waals surface area (Å²) in [6, 6.07) is 7.54. The quantitative estimate of drug-likeness (QED) is 0.882. The van der Waals surface area contributed by atoms with Crippen molar-refractivity contribution in [3.05, 3.63) is 47.5 Å². The molecule has 5 nitrogen and oxygen atoms in total. The first-order valence-corrected chi connectivity index (χ1v) is 5.98. The van der Waals surface area contributed by atoms with E-state index in [2.05, 4.69) is 16.4 Å². The van der Waals surface area contributed by atoms with Crippen LogP contribution in [0.4, 0.5) is 0 Å². The smallest absolute Gasteiger partial charge is 0.123 e. The molecule has 0 atom stereocenters. The van der Waals surface area contributed by atoms with E-state index < -0.39 is 0 Å². The van der Waals surface area contributed by atoms with E-state index in [9.17, 15) is 0 Å². The van der Waals surface area contributed by atoms with E-state index in [0.717, 1.165) is 17.1 Å². The largest absolute Gasteiger partial charge is 0.496 e. The van der Waals surface area contributed by atoms with Gasteiger partial charge in [0.2, 0.25) is 0 Å². The molecule has 1 heterocycles. The van der Waals surface area contributed by atoms with Crippen LogP contribution in [0.15, 0.2) is 30.6 Å². The van der Waals surface area contributed by atoms with Crippen molar-refractivity contribution in [2.75, 3.05) is 7.11 Å². The number of imidazole rings is 1. The molecule has 1 N–H and O–H groups in total. The number of methoxy groups -OCH3 is 1. The highest BCUT2D eigenvalue weighted by molar-refractivity contribution is 5.41. The molecule has 0 bridgehead atoms. The molecular formula is C14H16N4O. The van der Waals surface area contributed by atoms with E-state index in [-0.39, 0.29) is 0 Å². The lowest BCUT2D eigenvalue weighted by atomic mass is 10.1. The first-order valence-electron chi connectivity index (χ1n) is 5.98. The van der Waals surface area contributed by atoms with Crippen LogP contribution < -0.4 is 10.1 Å². The fourth-order valence-electron chi connectivity index (χ4n) is 1.86. The number of benzene rings is 1. The summed E-state index contributed by atoms with van der Waals surface area (Å²) in [5.41, 5.74) is 1.60. The molecule has 0 aliphatic heterocycles. The van der Waals surface area contributed by atoms with E-state index >= 15 is 0 Å². The zero-order valence-corrected chi connectivity index (χ0v) is 11.1. The van der Waals surface area contributed by atoms with Gasteiger partial charge in [0.25, 0.3) is 0 Å². The zero-order valence-electron chi connectivity index (χ0n) is 11.1. The Morgan fingerprint density at radius 1 is 1.42 bits per heavy atom. The zero-order chi connectivity index (χ0) is 13.7. The van der Waals surface area contributed by atoms with Crippen molar-refractivity contribution < 1.29 is 4.74 Å². The molecule has 19 heavy (non-hydrogen) atoms. The number of ether oxygens (including phenoxy) is 1. The van der Waals surface area contributed by atoms with Gasteiger partial charge in [0.05, 0.1) is 25.3 Å². The number of nitriles is 1. The Morgan fingerprint density at radius 3 is 2.89 bits per heavy atom. The van der Waals surface area contributed by atoms with Gasteiger partial charge in [-0.1, -0.05) is 0 Å². The number of aryl methyl sites for hydroxylation is 1. The van der Waals surface area contributed by atoms with Gasteiger partial charge in [-0.05, 0) is 18.2 Å². The fraction of sp³-hybridized carbons (Fsp3) is 0.286. The Labute approximate surface area is 112 Å². The third-order valence-electron chi connectivity index (χ3n) is 2.93. The summed E-state index contributed by atoms with van der Waals surface area (Å²) in [7, 11) is 3.59. The Hall–Kier alpha value is -2.32. The van der Waals surface area contributed by atoms with Crippen LogP contribution in [-0.4, -0.2) is 16.7 Å². The van der Waals surface area contributed by atoms with Gasteiger partial charge in [-0.15, -0.1) is 0 Å². The highest BCUT2D eigenvalue weighted by Gasteiger charge is 2.05. The molecule has 1 aromatic carbocycles. The Bertz CT molecular complexity index is 598. The second kappa shape index (κ2) is 6.03. The average molecular weight is 256 g/mol. The summed E-state index contributed by atoms with van der Waals surface area (Å²) < 4.78 is 7.25.